The molecule has 0 bridgehead atoms. The molecule has 0 saturated heterocycles. The van der Waals surface area contributed by atoms with Gasteiger partial charge in [0, 0.05) is 37.9 Å². The summed E-state index contributed by atoms with van der Waals surface area (Å²) in [5.41, 5.74) is 3.25. The number of hydrogen-bond donors (Lipinski definition) is 2. The van der Waals surface area contributed by atoms with Gasteiger partial charge in [-0.15, -0.1) is 0 Å². The number of aryl methyl sites for hydroxylation is 1. The molecule has 202 valence electrons. The molecular formula is C29H35ClFN5O2. The highest BCUT2D eigenvalue weighted by Gasteiger charge is 2.25. The summed E-state index contributed by atoms with van der Waals surface area (Å²) in [5.74, 6) is 0.454. The average Bonchev–Trinajstić information content (AvgIpc) is 2.90. The van der Waals surface area contributed by atoms with E-state index in [1.54, 1.807) is 25.2 Å². The number of pyridine rings is 2. The van der Waals surface area contributed by atoms with Gasteiger partial charge in [0.05, 0.1) is 17.8 Å². The summed E-state index contributed by atoms with van der Waals surface area (Å²) in [5, 5.41) is 22.2. The number of aromatic nitrogens is 2. The zero-order chi connectivity index (χ0) is 27.2. The van der Waals surface area contributed by atoms with Crippen molar-refractivity contribution in [2.75, 3.05) is 23.8 Å². The number of anilines is 2. The van der Waals surface area contributed by atoms with Gasteiger partial charge >= 0.3 is 0 Å². The molecule has 2 N–H and O–H groups in total. The molecule has 2 aliphatic carbocycles. The fraction of sp³-hybridized carbons (Fsp3) is 0.483. The van der Waals surface area contributed by atoms with Crippen LogP contribution in [0.1, 0.15) is 62.5 Å². The lowest BCUT2D eigenvalue weighted by atomic mass is 9.85. The summed E-state index contributed by atoms with van der Waals surface area (Å²) in [6.07, 6.45) is 9.61. The second-order valence-electron chi connectivity index (χ2n) is 10.2. The number of nitriles is 1. The van der Waals surface area contributed by atoms with Crippen molar-refractivity contribution in [2.24, 2.45) is 13.0 Å². The fourth-order valence-corrected chi connectivity index (χ4v) is 5.43. The molecule has 2 saturated carbocycles. The number of rotatable bonds is 6. The normalized spacial score (nSPS) is 15.8. The van der Waals surface area contributed by atoms with Gasteiger partial charge in [0.1, 0.15) is 28.1 Å². The summed E-state index contributed by atoms with van der Waals surface area (Å²) >= 11 is 6.07. The van der Waals surface area contributed by atoms with E-state index in [0.717, 1.165) is 31.0 Å². The fourth-order valence-electron chi connectivity index (χ4n) is 5.28. The van der Waals surface area contributed by atoms with Crippen LogP contribution in [0.4, 0.5) is 15.8 Å². The van der Waals surface area contributed by atoms with Crippen molar-refractivity contribution in [1.29, 1.82) is 5.26 Å². The van der Waals surface area contributed by atoms with Crippen molar-refractivity contribution >= 4 is 34.0 Å². The number of hydrogen-bond acceptors (Lipinski definition) is 6. The third kappa shape index (κ3) is 6.11. The number of aliphatic hydroxyl groups excluding tert-OH is 1. The molecule has 2 heterocycles. The van der Waals surface area contributed by atoms with Gasteiger partial charge < -0.3 is 19.9 Å². The Morgan fingerprint density at radius 3 is 2.55 bits per heavy atom. The van der Waals surface area contributed by atoms with Gasteiger partial charge in [-0.3, -0.25) is 4.79 Å². The molecule has 2 aliphatic rings. The van der Waals surface area contributed by atoms with Crippen LogP contribution in [0.2, 0.25) is 5.15 Å². The molecule has 38 heavy (non-hydrogen) atoms. The second-order valence-corrected chi connectivity index (χ2v) is 10.6. The molecule has 0 unspecified atom stereocenters. The summed E-state index contributed by atoms with van der Waals surface area (Å²) in [6, 6.07) is 10.3. The lowest BCUT2D eigenvalue weighted by molar-refractivity contribution is 0.281. The Kier molecular flexibility index (Phi) is 9.24. The molecule has 0 atom stereocenters. The van der Waals surface area contributed by atoms with Crippen LogP contribution in [0.25, 0.3) is 11.0 Å². The topological polar surface area (TPSA) is 94.2 Å². The van der Waals surface area contributed by atoms with Crippen LogP contribution < -0.4 is 15.8 Å². The monoisotopic (exact) mass is 539 g/mol. The van der Waals surface area contributed by atoms with E-state index in [2.05, 4.69) is 21.3 Å². The predicted molar refractivity (Wildman–Crippen MR) is 150 cm³/mol. The number of aliphatic hydroxyl groups is 1. The Hall–Kier alpha value is -3.15. The van der Waals surface area contributed by atoms with E-state index in [1.807, 2.05) is 7.05 Å². The number of nitrogens with zero attached hydrogens (tertiary/aromatic N) is 4. The summed E-state index contributed by atoms with van der Waals surface area (Å²) in [6.45, 7) is 0.809. The second kappa shape index (κ2) is 12.6. The lowest BCUT2D eigenvalue weighted by Crippen LogP contribution is -2.36. The van der Waals surface area contributed by atoms with Gasteiger partial charge in [-0.25, -0.2) is 9.37 Å². The molecule has 9 heteroatoms. The van der Waals surface area contributed by atoms with Crippen molar-refractivity contribution < 1.29 is 9.50 Å². The first kappa shape index (κ1) is 27.9. The zero-order valence-electron chi connectivity index (χ0n) is 22.0. The van der Waals surface area contributed by atoms with Gasteiger partial charge in [0.25, 0.3) is 5.56 Å². The number of fused-ring (bicyclic) bond motifs is 1. The first-order chi connectivity index (χ1) is 18.3. The molecule has 0 spiro atoms. The van der Waals surface area contributed by atoms with Crippen LogP contribution >= 0.6 is 11.6 Å². The minimum atomic E-state index is -0.298. The molecular weight excluding hydrogens is 505 g/mol. The van der Waals surface area contributed by atoms with Gasteiger partial charge in [-0.2, -0.15) is 5.26 Å². The molecule has 3 aromatic rings. The van der Waals surface area contributed by atoms with E-state index in [1.165, 1.54) is 55.2 Å². The highest BCUT2D eigenvalue weighted by atomic mass is 35.5. The molecule has 5 rings (SSSR count). The Bertz CT molecular complexity index is 1380. The van der Waals surface area contributed by atoms with Crippen molar-refractivity contribution in [3.05, 3.63) is 62.8 Å². The maximum absolute atomic E-state index is 12.9. The SMILES string of the molecule is CN(c1c(C#N)c(=O)n(C)c2ccc(Cl)nc12)C1CCCCC1.OCc1cc(F)ccc1NCC1CCC1. The maximum atomic E-state index is 12.9. The van der Waals surface area contributed by atoms with Gasteiger partial charge in [-0.1, -0.05) is 37.3 Å². The molecule has 7 nitrogen and oxygen atoms in total. The first-order valence-electron chi connectivity index (χ1n) is 13.3. The summed E-state index contributed by atoms with van der Waals surface area (Å²) < 4.78 is 14.3. The predicted octanol–water partition coefficient (Wildman–Crippen LogP) is 5.76. The number of benzene rings is 1. The molecule has 2 aromatic heterocycles. The summed E-state index contributed by atoms with van der Waals surface area (Å²) in [7, 11) is 3.61. The van der Waals surface area contributed by atoms with E-state index >= 15 is 0 Å². The summed E-state index contributed by atoms with van der Waals surface area (Å²) in [4.78, 5) is 19.0. The van der Waals surface area contributed by atoms with Crippen molar-refractivity contribution in [3.63, 3.8) is 0 Å². The molecule has 0 aliphatic heterocycles. The van der Waals surface area contributed by atoms with E-state index in [9.17, 15) is 14.4 Å². The van der Waals surface area contributed by atoms with Crippen LogP contribution in [0.15, 0.2) is 35.1 Å². The van der Waals surface area contributed by atoms with Crippen LogP contribution in [0.3, 0.4) is 0 Å². The first-order valence-corrected chi connectivity index (χ1v) is 13.7. The number of nitrogens with one attached hydrogen (secondary N) is 1. The van der Waals surface area contributed by atoms with E-state index in [0.29, 0.717) is 33.5 Å². The van der Waals surface area contributed by atoms with Gasteiger partial charge in [0.2, 0.25) is 0 Å². The Morgan fingerprint density at radius 2 is 1.92 bits per heavy atom. The smallest absolute Gasteiger partial charge is 0.270 e. The van der Waals surface area contributed by atoms with Gasteiger partial charge in [-0.05, 0) is 61.9 Å². The largest absolute Gasteiger partial charge is 0.392 e. The van der Waals surface area contributed by atoms with Crippen LogP contribution in [-0.2, 0) is 13.7 Å². The van der Waals surface area contributed by atoms with Crippen molar-refractivity contribution in [2.45, 2.75) is 64.0 Å². The number of halogens is 2. The Morgan fingerprint density at radius 1 is 1.18 bits per heavy atom. The molecule has 1 aromatic carbocycles. The van der Waals surface area contributed by atoms with E-state index in [-0.39, 0.29) is 23.5 Å². The van der Waals surface area contributed by atoms with E-state index < -0.39 is 0 Å². The van der Waals surface area contributed by atoms with Crippen LogP contribution in [0.5, 0.6) is 0 Å². The minimum absolute atomic E-state index is 0.120. The minimum Gasteiger partial charge on any atom is -0.392 e. The standard InChI is InChI=1S/C17H19ClN4O.C12H16FNO/c1-21(11-6-4-3-5-7-11)16-12(10-19)17(23)22(2)13-8-9-14(18)20-15(13)16;13-11-4-5-12(10(6-11)8-15)14-7-9-2-1-3-9/h8-9,11H,3-7H2,1-2H3;4-6,9,14-15H,1-3,7-8H2. The molecule has 2 fully saturated rings. The van der Waals surface area contributed by atoms with Crippen molar-refractivity contribution in [1.82, 2.24) is 9.55 Å². The average molecular weight is 540 g/mol. The highest BCUT2D eigenvalue weighted by molar-refractivity contribution is 6.29. The lowest BCUT2D eigenvalue weighted by Gasteiger charge is -2.33. The Balaban J connectivity index is 0.000000194. The van der Waals surface area contributed by atoms with Crippen molar-refractivity contribution in [3.8, 4) is 6.07 Å². The zero-order valence-corrected chi connectivity index (χ0v) is 22.8. The van der Waals surface area contributed by atoms with Crippen LogP contribution in [-0.4, -0.2) is 34.3 Å². The maximum Gasteiger partial charge on any atom is 0.270 e. The van der Waals surface area contributed by atoms with Crippen LogP contribution in [0, 0.1) is 23.1 Å². The third-order valence-electron chi connectivity index (χ3n) is 7.81. The molecule has 0 radical (unpaired) electrons. The quantitative estimate of drug-likeness (QED) is 0.387. The highest BCUT2D eigenvalue weighted by Crippen LogP contribution is 2.32. The third-order valence-corrected chi connectivity index (χ3v) is 8.02. The molecule has 0 amide bonds. The Labute approximate surface area is 227 Å². The van der Waals surface area contributed by atoms with E-state index in [4.69, 9.17) is 16.7 Å². The van der Waals surface area contributed by atoms with Gasteiger partial charge in [0.15, 0.2) is 0 Å².